The Labute approximate surface area is 117 Å². The van der Waals surface area contributed by atoms with Crippen molar-refractivity contribution in [3.8, 4) is 6.07 Å². The molecular formula is C15H19F3N2. The molecule has 0 heterocycles. The zero-order chi connectivity index (χ0) is 15.4. The van der Waals surface area contributed by atoms with Gasteiger partial charge >= 0.3 is 6.18 Å². The Balaban J connectivity index is 3.15. The molecule has 1 rings (SSSR count). The van der Waals surface area contributed by atoms with Gasteiger partial charge < -0.3 is 5.32 Å². The van der Waals surface area contributed by atoms with Crippen LogP contribution in [0.5, 0.6) is 0 Å². The maximum absolute atomic E-state index is 12.7. The lowest BCUT2D eigenvalue weighted by atomic mass is 9.89. The highest BCUT2D eigenvalue weighted by molar-refractivity contribution is 5.54. The van der Waals surface area contributed by atoms with E-state index in [9.17, 15) is 13.2 Å². The monoisotopic (exact) mass is 284 g/mol. The van der Waals surface area contributed by atoms with Crippen LogP contribution in [0, 0.1) is 11.3 Å². The molecular weight excluding hydrogens is 265 g/mol. The normalized spacial score (nSPS) is 12.1. The number of hydrogen-bond acceptors (Lipinski definition) is 2. The fourth-order valence-electron chi connectivity index (χ4n) is 2.28. The van der Waals surface area contributed by atoms with Crippen LogP contribution in [-0.2, 0) is 6.18 Å². The van der Waals surface area contributed by atoms with Gasteiger partial charge in [-0.25, -0.2) is 0 Å². The Kier molecular flexibility index (Phi) is 5.04. The first-order chi connectivity index (χ1) is 9.31. The molecule has 20 heavy (non-hydrogen) atoms. The topological polar surface area (TPSA) is 35.8 Å². The van der Waals surface area contributed by atoms with E-state index >= 15 is 0 Å². The summed E-state index contributed by atoms with van der Waals surface area (Å²) >= 11 is 0. The summed E-state index contributed by atoms with van der Waals surface area (Å²) in [5.41, 5.74) is -0.826. The van der Waals surface area contributed by atoms with Gasteiger partial charge in [-0.3, -0.25) is 0 Å². The fraction of sp³-hybridized carbons (Fsp3) is 0.533. The van der Waals surface area contributed by atoms with Crippen LogP contribution >= 0.6 is 0 Å². The lowest BCUT2D eigenvalue weighted by molar-refractivity contribution is -0.137. The highest BCUT2D eigenvalue weighted by atomic mass is 19.4. The number of benzene rings is 1. The number of rotatable bonds is 5. The number of nitriles is 1. The molecule has 0 spiro atoms. The van der Waals surface area contributed by atoms with Crippen LogP contribution in [0.1, 0.15) is 51.2 Å². The molecule has 5 heteroatoms. The van der Waals surface area contributed by atoms with E-state index in [4.69, 9.17) is 5.26 Å². The minimum absolute atomic E-state index is 0.146. The number of nitrogens with zero attached hydrogens (tertiary/aromatic N) is 1. The van der Waals surface area contributed by atoms with Gasteiger partial charge in [0.15, 0.2) is 0 Å². The van der Waals surface area contributed by atoms with Crippen LogP contribution < -0.4 is 5.32 Å². The standard InChI is InChI=1S/C15H19F3N2/c1-4-14(5-2,6-3)20-12-7-8-13(15(16,17)18)11(9-12)10-19/h7-9,20H,4-6H2,1-3H3. The Hall–Kier alpha value is -1.70. The maximum Gasteiger partial charge on any atom is 0.417 e. The number of halogens is 3. The molecule has 0 unspecified atom stereocenters. The summed E-state index contributed by atoms with van der Waals surface area (Å²) in [6.07, 6.45) is -1.91. The molecule has 1 N–H and O–H groups in total. The van der Waals surface area contributed by atoms with Gasteiger partial charge in [0.1, 0.15) is 0 Å². The van der Waals surface area contributed by atoms with Gasteiger partial charge in [-0.15, -0.1) is 0 Å². The molecule has 0 aromatic heterocycles. The van der Waals surface area contributed by atoms with Crippen molar-refractivity contribution in [2.45, 2.75) is 51.7 Å². The van der Waals surface area contributed by atoms with Crippen molar-refractivity contribution < 1.29 is 13.2 Å². The number of alkyl halides is 3. The van der Waals surface area contributed by atoms with Crippen LogP contribution in [0.2, 0.25) is 0 Å². The average molecular weight is 284 g/mol. The zero-order valence-electron chi connectivity index (χ0n) is 11.9. The minimum atomic E-state index is -4.50. The summed E-state index contributed by atoms with van der Waals surface area (Å²) in [6.45, 7) is 6.11. The third kappa shape index (κ3) is 3.44. The Morgan fingerprint density at radius 2 is 1.65 bits per heavy atom. The van der Waals surface area contributed by atoms with Crippen molar-refractivity contribution in [1.29, 1.82) is 5.26 Å². The SMILES string of the molecule is CCC(CC)(CC)Nc1ccc(C(F)(F)F)c(C#N)c1. The third-order valence-electron chi connectivity index (χ3n) is 3.89. The van der Waals surface area contributed by atoms with Gasteiger partial charge in [0.25, 0.3) is 0 Å². The minimum Gasteiger partial charge on any atom is -0.380 e. The fourth-order valence-corrected chi connectivity index (χ4v) is 2.28. The van der Waals surface area contributed by atoms with Crippen molar-refractivity contribution in [3.05, 3.63) is 29.3 Å². The molecule has 0 aliphatic carbocycles. The Morgan fingerprint density at radius 3 is 2.05 bits per heavy atom. The van der Waals surface area contributed by atoms with Crippen molar-refractivity contribution in [2.75, 3.05) is 5.32 Å². The van der Waals surface area contributed by atoms with E-state index in [1.165, 1.54) is 12.1 Å². The highest BCUT2D eigenvalue weighted by Crippen LogP contribution is 2.34. The van der Waals surface area contributed by atoms with E-state index in [0.717, 1.165) is 25.3 Å². The van der Waals surface area contributed by atoms with Crippen LogP contribution in [0.3, 0.4) is 0 Å². The van der Waals surface area contributed by atoms with Crippen LogP contribution in [0.25, 0.3) is 0 Å². The molecule has 0 radical (unpaired) electrons. The van der Waals surface area contributed by atoms with Crippen molar-refractivity contribution in [3.63, 3.8) is 0 Å². The van der Waals surface area contributed by atoms with Gasteiger partial charge in [-0.05, 0) is 37.5 Å². The summed E-state index contributed by atoms with van der Waals surface area (Å²) in [7, 11) is 0. The third-order valence-corrected chi connectivity index (χ3v) is 3.89. The predicted molar refractivity (Wildman–Crippen MR) is 73.4 cm³/mol. The molecule has 0 aliphatic heterocycles. The summed E-state index contributed by atoms with van der Waals surface area (Å²) in [6, 6.07) is 5.25. The summed E-state index contributed by atoms with van der Waals surface area (Å²) in [5.74, 6) is 0. The average Bonchev–Trinajstić information content (AvgIpc) is 2.43. The molecule has 0 bridgehead atoms. The second-order valence-electron chi connectivity index (χ2n) is 4.84. The first-order valence-corrected chi connectivity index (χ1v) is 6.71. The second-order valence-corrected chi connectivity index (χ2v) is 4.84. The smallest absolute Gasteiger partial charge is 0.380 e. The molecule has 2 nitrogen and oxygen atoms in total. The van der Waals surface area contributed by atoms with Crippen LogP contribution in [0.4, 0.5) is 18.9 Å². The lowest BCUT2D eigenvalue weighted by Gasteiger charge is -2.33. The predicted octanol–water partition coefficient (Wildman–Crippen LogP) is 4.96. The van der Waals surface area contributed by atoms with Crippen molar-refractivity contribution >= 4 is 5.69 Å². The maximum atomic E-state index is 12.7. The van der Waals surface area contributed by atoms with E-state index in [1.807, 2.05) is 20.8 Å². The lowest BCUT2D eigenvalue weighted by Crippen LogP contribution is -2.36. The molecule has 0 atom stereocenters. The van der Waals surface area contributed by atoms with E-state index in [-0.39, 0.29) is 11.1 Å². The van der Waals surface area contributed by atoms with Gasteiger partial charge in [-0.1, -0.05) is 20.8 Å². The molecule has 1 aromatic rings. The Bertz CT molecular complexity index is 489. The molecule has 0 amide bonds. The summed E-state index contributed by atoms with van der Waals surface area (Å²) < 4.78 is 38.2. The van der Waals surface area contributed by atoms with E-state index in [0.29, 0.717) is 5.69 Å². The quantitative estimate of drug-likeness (QED) is 0.829. The summed E-state index contributed by atoms with van der Waals surface area (Å²) in [5, 5.41) is 12.2. The zero-order valence-corrected chi connectivity index (χ0v) is 11.9. The number of anilines is 1. The molecule has 110 valence electrons. The van der Waals surface area contributed by atoms with E-state index in [2.05, 4.69) is 5.32 Å². The van der Waals surface area contributed by atoms with Gasteiger partial charge in [-0.2, -0.15) is 18.4 Å². The molecule has 0 saturated carbocycles. The van der Waals surface area contributed by atoms with Gasteiger partial charge in [0, 0.05) is 11.2 Å². The second kappa shape index (κ2) is 6.17. The van der Waals surface area contributed by atoms with Crippen molar-refractivity contribution in [1.82, 2.24) is 0 Å². The molecule has 1 aromatic carbocycles. The van der Waals surface area contributed by atoms with Crippen molar-refractivity contribution in [2.24, 2.45) is 0 Å². The van der Waals surface area contributed by atoms with E-state index in [1.54, 1.807) is 6.07 Å². The van der Waals surface area contributed by atoms with Crippen LogP contribution in [-0.4, -0.2) is 5.54 Å². The largest absolute Gasteiger partial charge is 0.417 e. The van der Waals surface area contributed by atoms with Crippen LogP contribution in [0.15, 0.2) is 18.2 Å². The van der Waals surface area contributed by atoms with E-state index < -0.39 is 11.7 Å². The van der Waals surface area contributed by atoms with Gasteiger partial charge in [0.2, 0.25) is 0 Å². The molecule has 0 saturated heterocycles. The molecule has 0 fully saturated rings. The number of nitrogens with one attached hydrogen (secondary N) is 1. The first-order valence-electron chi connectivity index (χ1n) is 6.71. The summed E-state index contributed by atoms with van der Waals surface area (Å²) in [4.78, 5) is 0. The Morgan fingerprint density at radius 1 is 1.10 bits per heavy atom. The number of hydrogen-bond donors (Lipinski definition) is 1. The molecule has 0 aliphatic rings. The first kappa shape index (κ1) is 16.4. The highest BCUT2D eigenvalue weighted by Gasteiger charge is 2.34. The van der Waals surface area contributed by atoms with Gasteiger partial charge in [0.05, 0.1) is 17.2 Å².